The smallest absolute Gasteiger partial charge is 0.819 e. The molecule has 0 aliphatic rings. The normalized spacial score (nSPS) is 17.9. The third-order valence-corrected chi connectivity index (χ3v) is 4.70. The zero-order valence-electron chi connectivity index (χ0n) is 10.1. The third-order valence-electron chi connectivity index (χ3n) is 0.671. The Hall–Kier alpha value is 4.40. The van der Waals surface area contributed by atoms with Gasteiger partial charge in [-0.1, -0.05) is 0 Å². The summed E-state index contributed by atoms with van der Waals surface area (Å²) in [6.07, 6.45) is 0. The summed E-state index contributed by atoms with van der Waals surface area (Å²) in [4.78, 5) is 30.0. The Balaban J connectivity index is -0.0000000536. The van der Waals surface area contributed by atoms with Crippen LogP contribution in [0.3, 0.4) is 0 Å². The molecule has 17 heteroatoms. The van der Waals surface area contributed by atoms with E-state index in [1.54, 1.807) is 0 Å². The van der Waals surface area contributed by atoms with Crippen LogP contribution in [-0.2, 0) is 85.7 Å². The molecular formula is C3H9O6P3S6Sb2. The van der Waals surface area contributed by atoms with Gasteiger partial charge in [-0.15, -0.1) is 52.5 Å². The molecular weight excluding hydrogens is 661 g/mol. The average Bonchev–Trinajstić information content (AvgIpc) is 2.16. The SMILES string of the molecule is COP([O-])(=S)[S-].COP([O-])(=S)[S-].COP([O-])(=S)[S-].[Sb+3].[Sb+3]. The first-order valence-electron chi connectivity index (χ1n) is 3.42. The maximum Gasteiger partial charge on any atom is 3.00 e. The van der Waals surface area contributed by atoms with Crippen molar-refractivity contribution in [2.24, 2.45) is 0 Å². The van der Waals surface area contributed by atoms with Crippen LogP contribution in [0.2, 0.25) is 0 Å². The van der Waals surface area contributed by atoms with Crippen molar-refractivity contribution in [2.45, 2.75) is 0 Å². The Morgan fingerprint density at radius 1 is 0.650 bits per heavy atom. The van der Waals surface area contributed by atoms with Gasteiger partial charge in [-0.2, -0.15) is 0 Å². The predicted octanol–water partition coefficient (Wildman–Crippen LogP) is -1.47. The summed E-state index contributed by atoms with van der Waals surface area (Å²) in [7, 11) is 3.71. The van der Waals surface area contributed by atoms with E-state index in [-0.39, 0.29) is 48.9 Å². The van der Waals surface area contributed by atoms with E-state index in [0.29, 0.717) is 0 Å². The van der Waals surface area contributed by atoms with Crippen LogP contribution in [-0.4, -0.2) is 70.2 Å². The van der Waals surface area contributed by atoms with Crippen LogP contribution in [0.1, 0.15) is 0 Å². The maximum atomic E-state index is 9.99. The molecule has 0 saturated carbocycles. The maximum absolute atomic E-state index is 9.99. The second-order valence-corrected chi connectivity index (χ2v) is 16.4. The van der Waals surface area contributed by atoms with E-state index < -0.39 is 17.1 Å². The third kappa shape index (κ3) is 57.1. The van der Waals surface area contributed by atoms with Crippen molar-refractivity contribution in [3.05, 3.63) is 0 Å². The minimum Gasteiger partial charge on any atom is -0.819 e. The van der Waals surface area contributed by atoms with Gasteiger partial charge in [-0.05, 0) is 0 Å². The second kappa shape index (κ2) is 18.2. The first-order valence-corrected chi connectivity index (χ1v) is 14.4. The van der Waals surface area contributed by atoms with Crippen molar-refractivity contribution < 1.29 is 28.3 Å². The van der Waals surface area contributed by atoms with Crippen LogP contribution < -0.4 is 14.7 Å². The fraction of sp³-hybridized carbons (Fsp3) is 1.00. The minimum absolute atomic E-state index is 0. The molecule has 0 saturated heterocycles. The van der Waals surface area contributed by atoms with Gasteiger partial charge in [0.1, 0.15) is 0 Å². The quantitative estimate of drug-likeness (QED) is 0.200. The zero-order valence-corrected chi connectivity index (χ0v) is 22.8. The van der Waals surface area contributed by atoms with E-state index in [9.17, 15) is 14.7 Å². The molecule has 4 radical (unpaired) electrons. The molecule has 0 heterocycles. The van der Waals surface area contributed by atoms with Crippen molar-refractivity contribution in [3.8, 4) is 0 Å². The number of rotatable bonds is 3. The Morgan fingerprint density at radius 2 is 0.700 bits per heavy atom. The van der Waals surface area contributed by atoms with Gasteiger partial charge < -0.3 is 65.0 Å². The van der Waals surface area contributed by atoms with Crippen LogP contribution in [0.15, 0.2) is 0 Å². The summed E-state index contributed by atoms with van der Waals surface area (Å²) in [5, 5.41) is 0. The second-order valence-electron chi connectivity index (χ2n) is 1.89. The summed E-state index contributed by atoms with van der Waals surface area (Å²) in [5.41, 5.74) is -8.94. The van der Waals surface area contributed by atoms with E-state index >= 15 is 0 Å². The van der Waals surface area contributed by atoms with Crippen LogP contribution >= 0.6 is 17.1 Å². The summed E-state index contributed by atoms with van der Waals surface area (Å²) in [6, 6.07) is 0. The van der Waals surface area contributed by atoms with Gasteiger partial charge in [0, 0.05) is 21.3 Å². The van der Waals surface area contributed by atoms with E-state index in [1.165, 1.54) is 21.3 Å². The van der Waals surface area contributed by atoms with E-state index in [4.69, 9.17) is 0 Å². The Labute approximate surface area is 185 Å². The van der Waals surface area contributed by atoms with E-state index in [1.807, 2.05) is 0 Å². The summed E-state index contributed by atoms with van der Waals surface area (Å²) >= 11 is 24.8. The number of hydrogen-bond donors (Lipinski definition) is 0. The van der Waals surface area contributed by atoms with Gasteiger partial charge in [0.2, 0.25) is 0 Å². The topological polar surface area (TPSA) is 96.9 Å². The van der Waals surface area contributed by atoms with Crippen molar-refractivity contribution in [1.82, 2.24) is 0 Å². The fourth-order valence-electron chi connectivity index (χ4n) is 0. The van der Waals surface area contributed by atoms with Gasteiger partial charge in [-0.25, -0.2) is 0 Å². The van der Waals surface area contributed by atoms with E-state index in [0.717, 1.165) is 0 Å². The largest absolute Gasteiger partial charge is 3.00 e. The molecule has 6 nitrogen and oxygen atoms in total. The molecule has 20 heavy (non-hydrogen) atoms. The molecule has 0 fully saturated rings. The van der Waals surface area contributed by atoms with Crippen LogP contribution in [0, 0.1) is 0 Å². The Kier molecular flexibility index (Phi) is 32.3. The van der Waals surface area contributed by atoms with Gasteiger partial charge >= 0.3 is 48.9 Å². The molecule has 0 aliphatic heterocycles. The number of hydrogen-bond acceptors (Lipinski definition) is 12. The summed E-state index contributed by atoms with van der Waals surface area (Å²) < 4.78 is 12.4. The first-order chi connectivity index (χ1) is 7.68. The van der Waals surface area contributed by atoms with Crippen LogP contribution in [0.4, 0.5) is 0 Å². The van der Waals surface area contributed by atoms with Crippen molar-refractivity contribution in [2.75, 3.05) is 21.3 Å². The summed E-state index contributed by atoms with van der Waals surface area (Å²) in [6.45, 7) is 0. The van der Waals surface area contributed by atoms with Crippen molar-refractivity contribution >= 4 is 138 Å². The zero-order chi connectivity index (χ0) is 15.6. The summed E-state index contributed by atoms with van der Waals surface area (Å²) in [5.74, 6) is 0. The van der Waals surface area contributed by atoms with Gasteiger partial charge in [0.15, 0.2) is 0 Å². The standard InChI is InChI=1S/3CH5O2PS2.2Sb/c3*1-3-4(2,5)6;;/h3*1H3,(H2,2,5,6);;/q;;;2*+3/p-6. The minimum atomic E-state index is -2.98. The van der Waals surface area contributed by atoms with E-state index in [2.05, 4.69) is 85.7 Å². The first kappa shape index (κ1) is 35.5. The molecule has 118 valence electrons. The van der Waals surface area contributed by atoms with Crippen LogP contribution in [0.5, 0.6) is 0 Å². The molecule has 0 bridgehead atoms. The van der Waals surface area contributed by atoms with Gasteiger partial charge in [0.05, 0.1) is 0 Å². The molecule has 0 N–H and O–H groups in total. The van der Waals surface area contributed by atoms with Crippen molar-refractivity contribution in [3.63, 3.8) is 0 Å². The Bertz CT molecular complexity index is 289. The fourth-order valence-corrected chi connectivity index (χ4v) is 0. The molecule has 0 amide bonds. The van der Waals surface area contributed by atoms with Crippen molar-refractivity contribution in [1.29, 1.82) is 0 Å². The van der Waals surface area contributed by atoms with Gasteiger partial charge in [0.25, 0.3) is 0 Å². The molecule has 3 unspecified atom stereocenters. The molecule has 0 aromatic carbocycles. The monoisotopic (exact) mass is 668 g/mol. The molecule has 0 spiro atoms. The van der Waals surface area contributed by atoms with Gasteiger partial charge in [-0.3, -0.25) is 0 Å². The molecule has 3 atom stereocenters. The van der Waals surface area contributed by atoms with Crippen LogP contribution in [0.25, 0.3) is 0 Å². The molecule has 0 aromatic heterocycles. The molecule has 0 aliphatic carbocycles. The Morgan fingerprint density at radius 3 is 0.700 bits per heavy atom. The average molecular weight is 670 g/mol. The predicted molar refractivity (Wildman–Crippen MR) is 97.5 cm³/mol. The molecule has 0 aromatic rings. The molecule has 0 rings (SSSR count).